The molecule has 7 nitrogen and oxygen atoms in total. The van der Waals surface area contributed by atoms with E-state index in [4.69, 9.17) is 20.9 Å². The molecule has 154 valence electrons. The maximum Gasteiger partial charge on any atom is 0.344 e. The zero-order valence-electron chi connectivity index (χ0n) is 16.0. The summed E-state index contributed by atoms with van der Waals surface area (Å²) in [6.07, 6.45) is 0. The monoisotopic (exact) mass is 430 g/mol. The van der Waals surface area contributed by atoms with Crippen LogP contribution in [0.3, 0.4) is 0 Å². The Balaban J connectivity index is 1.73. The maximum absolute atomic E-state index is 14.2. The van der Waals surface area contributed by atoms with Gasteiger partial charge in [0, 0.05) is 11.3 Å². The second kappa shape index (κ2) is 8.87. The van der Waals surface area contributed by atoms with Gasteiger partial charge in [0.05, 0.1) is 10.6 Å². The fourth-order valence-corrected chi connectivity index (χ4v) is 2.98. The van der Waals surface area contributed by atoms with Crippen LogP contribution in [0.5, 0.6) is 0 Å². The van der Waals surface area contributed by atoms with E-state index in [1.165, 1.54) is 38.1 Å². The second-order valence-corrected chi connectivity index (χ2v) is 6.73. The fraction of sp³-hybridized carbons (Fsp3) is 0.143. The Labute approximate surface area is 175 Å². The van der Waals surface area contributed by atoms with Crippen LogP contribution in [0.1, 0.15) is 33.4 Å². The van der Waals surface area contributed by atoms with Gasteiger partial charge in [0.2, 0.25) is 0 Å². The van der Waals surface area contributed by atoms with E-state index < -0.39 is 24.3 Å². The summed E-state index contributed by atoms with van der Waals surface area (Å²) in [4.78, 5) is 36.1. The molecule has 1 aromatic heterocycles. The summed E-state index contributed by atoms with van der Waals surface area (Å²) < 4.78 is 24.3. The van der Waals surface area contributed by atoms with Crippen molar-refractivity contribution in [3.8, 4) is 11.3 Å². The van der Waals surface area contributed by atoms with Crippen molar-refractivity contribution < 1.29 is 28.0 Å². The van der Waals surface area contributed by atoms with Crippen LogP contribution in [-0.4, -0.2) is 29.4 Å². The lowest BCUT2D eigenvalue weighted by atomic mass is 10.1. The van der Waals surface area contributed by atoms with Crippen molar-refractivity contribution in [1.82, 2.24) is 5.16 Å². The molecule has 0 radical (unpaired) electrons. The number of halogens is 2. The van der Waals surface area contributed by atoms with Crippen molar-refractivity contribution in [2.45, 2.75) is 13.8 Å². The van der Waals surface area contributed by atoms with Crippen molar-refractivity contribution in [3.63, 3.8) is 0 Å². The lowest BCUT2D eigenvalue weighted by Gasteiger charge is -2.08. The number of benzene rings is 2. The van der Waals surface area contributed by atoms with E-state index in [1.54, 1.807) is 18.2 Å². The van der Waals surface area contributed by atoms with Gasteiger partial charge in [-0.3, -0.25) is 9.59 Å². The highest BCUT2D eigenvalue weighted by molar-refractivity contribution is 6.33. The van der Waals surface area contributed by atoms with Gasteiger partial charge in [-0.2, -0.15) is 0 Å². The van der Waals surface area contributed by atoms with E-state index in [9.17, 15) is 18.8 Å². The zero-order valence-corrected chi connectivity index (χ0v) is 16.7. The number of nitrogens with zero attached hydrogens (tertiary/aromatic N) is 1. The minimum Gasteiger partial charge on any atom is -0.452 e. The van der Waals surface area contributed by atoms with E-state index in [2.05, 4.69) is 10.5 Å². The van der Waals surface area contributed by atoms with Crippen molar-refractivity contribution >= 4 is 34.9 Å². The molecule has 0 aliphatic heterocycles. The molecule has 0 unspecified atom stereocenters. The SMILES string of the molecule is CC(=O)c1cccc(NC(=O)COC(=O)c2c(-c3c(F)cccc3Cl)noc2C)c1. The average molecular weight is 431 g/mol. The fourth-order valence-electron chi connectivity index (χ4n) is 2.72. The predicted molar refractivity (Wildman–Crippen MR) is 107 cm³/mol. The summed E-state index contributed by atoms with van der Waals surface area (Å²) in [6.45, 7) is 2.25. The predicted octanol–water partition coefficient (Wildman–Crippen LogP) is 4.44. The molecule has 3 aromatic rings. The zero-order chi connectivity index (χ0) is 21.8. The number of amides is 1. The number of esters is 1. The molecular formula is C21H16ClFN2O5. The summed E-state index contributed by atoms with van der Waals surface area (Å²) >= 11 is 6.04. The van der Waals surface area contributed by atoms with Gasteiger partial charge in [0.25, 0.3) is 5.91 Å². The van der Waals surface area contributed by atoms with Crippen LogP contribution in [-0.2, 0) is 9.53 Å². The topological polar surface area (TPSA) is 98.5 Å². The molecule has 2 aromatic carbocycles. The molecule has 0 saturated heterocycles. The number of aromatic nitrogens is 1. The van der Waals surface area contributed by atoms with Gasteiger partial charge in [-0.25, -0.2) is 9.18 Å². The minimum atomic E-state index is -0.921. The highest BCUT2D eigenvalue weighted by atomic mass is 35.5. The number of nitrogens with one attached hydrogen (secondary N) is 1. The van der Waals surface area contributed by atoms with Crippen molar-refractivity contribution in [1.29, 1.82) is 0 Å². The molecule has 0 atom stereocenters. The summed E-state index contributed by atoms with van der Waals surface area (Å²) in [5, 5.41) is 6.29. The minimum absolute atomic E-state index is 0.0421. The third-order valence-electron chi connectivity index (χ3n) is 4.15. The molecule has 0 saturated carbocycles. The Morgan fingerprint density at radius 2 is 1.93 bits per heavy atom. The Bertz CT molecular complexity index is 1120. The molecule has 0 fully saturated rings. The third kappa shape index (κ3) is 4.55. The van der Waals surface area contributed by atoms with Gasteiger partial charge in [-0.05, 0) is 38.1 Å². The molecule has 0 bridgehead atoms. The molecule has 30 heavy (non-hydrogen) atoms. The first-order valence-corrected chi connectivity index (χ1v) is 9.14. The van der Waals surface area contributed by atoms with E-state index >= 15 is 0 Å². The lowest BCUT2D eigenvalue weighted by molar-refractivity contribution is -0.119. The van der Waals surface area contributed by atoms with Gasteiger partial charge >= 0.3 is 5.97 Å². The standard InChI is InChI=1S/C21H16ClFN2O5/c1-11(26)13-5-3-6-14(9-13)24-17(27)10-29-21(28)18-12(2)30-25-20(18)19-15(22)7-4-8-16(19)23/h3-9H,10H2,1-2H3,(H,24,27). The Hall–Kier alpha value is -3.52. The van der Waals surface area contributed by atoms with Crippen LogP contribution in [0.2, 0.25) is 5.02 Å². The number of anilines is 1. The van der Waals surface area contributed by atoms with E-state index in [1.807, 2.05) is 0 Å². The number of hydrogen-bond acceptors (Lipinski definition) is 6. The molecule has 1 heterocycles. The number of ketones is 1. The first kappa shape index (κ1) is 21.2. The summed E-state index contributed by atoms with van der Waals surface area (Å²) in [6, 6.07) is 10.4. The maximum atomic E-state index is 14.2. The van der Waals surface area contributed by atoms with Crippen molar-refractivity contribution in [2.24, 2.45) is 0 Å². The number of Topliss-reactive ketones (excluding diaryl/α,β-unsaturated/α-hetero) is 1. The number of ether oxygens (including phenoxy) is 1. The van der Waals surface area contributed by atoms with Crippen molar-refractivity contribution in [3.05, 3.63) is 70.2 Å². The first-order valence-electron chi connectivity index (χ1n) is 8.76. The molecular weight excluding hydrogens is 415 g/mol. The van der Waals surface area contributed by atoms with Crippen LogP contribution in [0, 0.1) is 12.7 Å². The largest absolute Gasteiger partial charge is 0.452 e. The quantitative estimate of drug-likeness (QED) is 0.458. The second-order valence-electron chi connectivity index (χ2n) is 6.32. The molecule has 1 N–H and O–H groups in total. The van der Waals surface area contributed by atoms with Crippen LogP contribution >= 0.6 is 11.6 Å². The summed E-state index contributed by atoms with van der Waals surface area (Å²) in [5.74, 6) is -2.30. The highest BCUT2D eigenvalue weighted by Gasteiger charge is 2.27. The van der Waals surface area contributed by atoms with Crippen LogP contribution < -0.4 is 5.32 Å². The molecule has 0 spiro atoms. The number of hydrogen-bond donors (Lipinski definition) is 1. The number of aryl methyl sites for hydroxylation is 1. The number of carbonyl (C=O) groups is 3. The molecule has 3 rings (SSSR count). The smallest absolute Gasteiger partial charge is 0.344 e. The third-order valence-corrected chi connectivity index (χ3v) is 4.47. The molecule has 9 heteroatoms. The van der Waals surface area contributed by atoms with E-state index in [0.717, 1.165) is 0 Å². The summed E-state index contributed by atoms with van der Waals surface area (Å²) in [7, 11) is 0. The van der Waals surface area contributed by atoms with Crippen LogP contribution in [0.4, 0.5) is 10.1 Å². The van der Waals surface area contributed by atoms with E-state index in [-0.39, 0.29) is 33.4 Å². The molecule has 0 aliphatic rings. The van der Waals surface area contributed by atoms with Gasteiger partial charge in [0.1, 0.15) is 22.8 Å². The Morgan fingerprint density at radius 3 is 2.63 bits per heavy atom. The summed E-state index contributed by atoms with van der Waals surface area (Å²) in [5.41, 5.74) is 0.456. The van der Waals surface area contributed by atoms with E-state index in [0.29, 0.717) is 11.3 Å². The van der Waals surface area contributed by atoms with Crippen LogP contribution in [0.25, 0.3) is 11.3 Å². The van der Waals surface area contributed by atoms with Gasteiger partial charge < -0.3 is 14.6 Å². The van der Waals surface area contributed by atoms with Gasteiger partial charge in [-0.15, -0.1) is 0 Å². The lowest BCUT2D eigenvalue weighted by Crippen LogP contribution is -2.21. The number of carbonyl (C=O) groups excluding carboxylic acids is 3. The number of rotatable bonds is 6. The van der Waals surface area contributed by atoms with Gasteiger partial charge in [-0.1, -0.05) is 35.0 Å². The average Bonchev–Trinajstić information content (AvgIpc) is 3.07. The molecule has 1 amide bonds. The normalized spacial score (nSPS) is 10.5. The van der Waals surface area contributed by atoms with Crippen molar-refractivity contribution in [2.75, 3.05) is 11.9 Å². The van der Waals surface area contributed by atoms with Gasteiger partial charge in [0.15, 0.2) is 12.4 Å². The van der Waals surface area contributed by atoms with Crippen LogP contribution in [0.15, 0.2) is 47.0 Å². The Morgan fingerprint density at radius 1 is 1.20 bits per heavy atom. The highest BCUT2D eigenvalue weighted by Crippen LogP contribution is 2.33. The first-order chi connectivity index (χ1) is 14.3. The molecule has 0 aliphatic carbocycles. The Kier molecular flexibility index (Phi) is 6.27.